The Balaban J connectivity index is 1.65. The first kappa shape index (κ1) is 14.4. The predicted octanol–water partition coefficient (Wildman–Crippen LogP) is 2.56. The lowest BCUT2D eigenvalue weighted by atomic mass is 9.84. The summed E-state index contributed by atoms with van der Waals surface area (Å²) < 4.78 is 25.5. The lowest BCUT2D eigenvalue weighted by molar-refractivity contribution is 0.362. The smallest absolute Gasteiger partial charge is 0.156 e. The second-order valence-corrected chi connectivity index (χ2v) is 9.53. The summed E-state index contributed by atoms with van der Waals surface area (Å²) in [5, 5.41) is 6.74. The van der Waals surface area contributed by atoms with Gasteiger partial charge in [0.05, 0.1) is 17.5 Å². The highest BCUT2D eigenvalue weighted by molar-refractivity contribution is 7.91. The zero-order valence-electron chi connectivity index (χ0n) is 12.3. The zero-order chi connectivity index (χ0) is 15.2. The SMILES string of the molecule is O=S1(=O)CCC(n2nc(Cc3cccs3)nc2C2CCC2)C1. The number of hydrogen-bond donors (Lipinski definition) is 0. The van der Waals surface area contributed by atoms with E-state index in [2.05, 4.69) is 16.5 Å². The van der Waals surface area contributed by atoms with Gasteiger partial charge in [0, 0.05) is 17.2 Å². The Morgan fingerprint density at radius 1 is 1.32 bits per heavy atom. The molecule has 0 radical (unpaired) electrons. The van der Waals surface area contributed by atoms with Crippen molar-refractivity contribution in [2.24, 2.45) is 0 Å². The molecule has 0 amide bonds. The van der Waals surface area contributed by atoms with Gasteiger partial charge >= 0.3 is 0 Å². The van der Waals surface area contributed by atoms with Crippen LogP contribution in [0.5, 0.6) is 0 Å². The standard InChI is InChI=1S/C15H19N3O2S2/c19-22(20)8-6-12(10-22)18-15(11-3-1-4-11)16-14(17-18)9-13-5-2-7-21-13/h2,5,7,11-12H,1,3-4,6,8-10H2. The molecular formula is C15H19N3O2S2. The van der Waals surface area contributed by atoms with Crippen molar-refractivity contribution in [2.75, 3.05) is 11.5 Å². The maximum atomic E-state index is 11.8. The average molecular weight is 337 g/mol. The minimum atomic E-state index is -2.90. The number of thiophene rings is 1. The Kier molecular flexibility index (Phi) is 3.57. The van der Waals surface area contributed by atoms with Gasteiger partial charge in [-0.2, -0.15) is 5.10 Å². The van der Waals surface area contributed by atoms with E-state index in [0.717, 1.165) is 30.9 Å². The fraction of sp³-hybridized carbons (Fsp3) is 0.600. The van der Waals surface area contributed by atoms with Crippen molar-refractivity contribution in [1.29, 1.82) is 0 Å². The van der Waals surface area contributed by atoms with Crippen LogP contribution in [-0.2, 0) is 16.3 Å². The Morgan fingerprint density at radius 3 is 2.77 bits per heavy atom. The van der Waals surface area contributed by atoms with Gasteiger partial charge in [-0.15, -0.1) is 11.3 Å². The van der Waals surface area contributed by atoms with Gasteiger partial charge < -0.3 is 0 Å². The van der Waals surface area contributed by atoms with Gasteiger partial charge in [0.1, 0.15) is 5.82 Å². The van der Waals surface area contributed by atoms with Crippen molar-refractivity contribution in [3.8, 4) is 0 Å². The van der Waals surface area contributed by atoms with Gasteiger partial charge in [0.15, 0.2) is 15.7 Å². The molecule has 1 aliphatic carbocycles. The van der Waals surface area contributed by atoms with Crippen LogP contribution in [0.1, 0.15) is 54.2 Å². The van der Waals surface area contributed by atoms with Crippen LogP contribution in [-0.4, -0.2) is 34.7 Å². The van der Waals surface area contributed by atoms with Crippen LogP contribution < -0.4 is 0 Å². The third kappa shape index (κ3) is 2.72. The maximum Gasteiger partial charge on any atom is 0.156 e. The van der Waals surface area contributed by atoms with Crippen molar-refractivity contribution >= 4 is 21.2 Å². The minimum Gasteiger partial charge on any atom is -0.245 e. The van der Waals surface area contributed by atoms with Crippen LogP contribution in [0.3, 0.4) is 0 Å². The molecule has 22 heavy (non-hydrogen) atoms. The third-order valence-electron chi connectivity index (χ3n) is 4.64. The molecule has 7 heteroatoms. The first-order valence-corrected chi connectivity index (χ1v) is 10.5. The van der Waals surface area contributed by atoms with Gasteiger partial charge in [0.25, 0.3) is 0 Å². The van der Waals surface area contributed by atoms with Crippen LogP contribution in [0, 0.1) is 0 Å². The minimum absolute atomic E-state index is 0.0230. The van der Waals surface area contributed by atoms with Gasteiger partial charge in [-0.25, -0.2) is 18.1 Å². The van der Waals surface area contributed by atoms with Crippen LogP contribution >= 0.6 is 11.3 Å². The van der Waals surface area contributed by atoms with Crippen LogP contribution in [0.15, 0.2) is 17.5 Å². The van der Waals surface area contributed by atoms with E-state index >= 15 is 0 Å². The van der Waals surface area contributed by atoms with E-state index in [0.29, 0.717) is 12.3 Å². The van der Waals surface area contributed by atoms with E-state index in [9.17, 15) is 8.42 Å². The summed E-state index contributed by atoms with van der Waals surface area (Å²) in [6.45, 7) is 0. The normalized spacial score (nSPS) is 24.5. The summed E-state index contributed by atoms with van der Waals surface area (Å²) in [6.07, 6.45) is 4.95. The number of rotatable bonds is 4. The van der Waals surface area contributed by atoms with Crippen molar-refractivity contribution in [3.05, 3.63) is 34.0 Å². The second kappa shape index (κ2) is 5.45. The largest absolute Gasteiger partial charge is 0.245 e. The van der Waals surface area contributed by atoms with E-state index in [-0.39, 0.29) is 17.5 Å². The molecule has 0 aromatic carbocycles. The number of hydrogen-bond acceptors (Lipinski definition) is 5. The summed E-state index contributed by atoms with van der Waals surface area (Å²) in [5.41, 5.74) is 0. The van der Waals surface area contributed by atoms with Gasteiger partial charge in [-0.1, -0.05) is 12.5 Å². The molecule has 3 heterocycles. The fourth-order valence-corrected chi connectivity index (χ4v) is 5.60. The molecule has 0 spiro atoms. The molecule has 4 rings (SSSR count). The number of nitrogens with zero attached hydrogens (tertiary/aromatic N) is 3. The Bertz CT molecular complexity index is 761. The topological polar surface area (TPSA) is 64.8 Å². The molecule has 1 atom stereocenters. The molecular weight excluding hydrogens is 318 g/mol. The second-order valence-electron chi connectivity index (χ2n) is 6.27. The summed E-state index contributed by atoms with van der Waals surface area (Å²) in [4.78, 5) is 6.01. The molecule has 5 nitrogen and oxygen atoms in total. The Labute approximate surface area is 134 Å². The lowest BCUT2D eigenvalue weighted by Crippen LogP contribution is -2.20. The summed E-state index contributed by atoms with van der Waals surface area (Å²) in [5.74, 6) is 2.80. The third-order valence-corrected chi connectivity index (χ3v) is 7.27. The van der Waals surface area contributed by atoms with Crippen molar-refractivity contribution < 1.29 is 8.42 Å². The molecule has 1 aliphatic heterocycles. The summed E-state index contributed by atoms with van der Waals surface area (Å²) >= 11 is 1.71. The molecule has 0 bridgehead atoms. The average Bonchev–Trinajstić information content (AvgIpc) is 3.09. The van der Waals surface area contributed by atoms with E-state index in [1.165, 1.54) is 11.3 Å². The molecule has 2 aromatic rings. The van der Waals surface area contributed by atoms with Gasteiger partial charge in [-0.05, 0) is 30.7 Å². The van der Waals surface area contributed by atoms with Crippen molar-refractivity contribution in [3.63, 3.8) is 0 Å². The van der Waals surface area contributed by atoms with Crippen LogP contribution in [0.4, 0.5) is 0 Å². The van der Waals surface area contributed by atoms with Crippen LogP contribution in [0.2, 0.25) is 0 Å². The van der Waals surface area contributed by atoms with Gasteiger partial charge in [0.2, 0.25) is 0 Å². The summed E-state index contributed by atoms with van der Waals surface area (Å²) in [6, 6.07) is 4.10. The van der Waals surface area contributed by atoms with Crippen molar-refractivity contribution in [1.82, 2.24) is 14.8 Å². The molecule has 118 valence electrons. The Hall–Kier alpha value is -1.21. The van der Waals surface area contributed by atoms with E-state index in [1.54, 1.807) is 11.3 Å². The molecule has 2 fully saturated rings. The number of aromatic nitrogens is 3. The molecule has 1 saturated heterocycles. The predicted molar refractivity (Wildman–Crippen MR) is 86.0 cm³/mol. The maximum absolute atomic E-state index is 11.8. The molecule has 2 aromatic heterocycles. The first-order chi connectivity index (χ1) is 10.6. The summed E-state index contributed by atoms with van der Waals surface area (Å²) in [7, 11) is -2.90. The van der Waals surface area contributed by atoms with E-state index in [1.807, 2.05) is 10.7 Å². The van der Waals surface area contributed by atoms with E-state index < -0.39 is 9.84 Å². The van der Waals surface area contributed by atoms with Crippen molar-refractivity contribution in [2.45, 2.75) is 44.1 Å². The molecule has 2 aliphatic rings. The van der Waals surface area contributed by atoms with Crippen LogP contribution in [0.25, 0.3) is 0 Å². The fourth-order valence-electron chi connectivity index (χ4n) is 3.21. The number of sulfone groups is 1. The zero-order valence-corrected chi connectivity index (χ0v) is 13.9. The Morgan fingerprint density at radius 2 is 2.18 bits per heavy atom. The molecule has 0 N–H and O–H groups in total. The lowest BCUT2D eigenvalue weighted by Gasteiger charge is -2.26. The van der Waals surface area contributed by atoms with E-state index in [4.69, 9.17) is 4.98 Å². The molecule has 1 unspecified atom stereocenters. The quantitative estimate of drug-likeness (QED) is 0.860. The molecule has 1 saturated carbocycles. The highest BCUT2D eigenvalue weighted by atomic mass is 32.2. The first-order valence-electron chi connectivity index (χ1n) is 7.79. The van der Waals surface area contributed by atoms with Gasteiger partial charge in [-0.3, -0.25) is 0 Å². The monoisotopic (exact) mass is 337 g/mol. The highest BCUT2D eigenvalue weighted by Crippen LogP contribution is 2.37. The highest BCUT2D eigenvalue weighted by Gasteiger charge is 2.34.